The first-order chi connectivity index (χ1) is 8.75. The number of hydrogen-bond donors (Lipinski definition) is 0. The number of rotatable bonds is 0. The molecule has 18 heavy (non-hydrogen) atoms. The van der Waals surface area contributed by atoms with Crippen molar-refractivity contribution in [1.82, 2.24) is 4.57 Å². The fourth-order valence-corrected chi connectivity index (χ4v) is 3.11. The zero-order valence-electron chi connectivity index (χ0n) is 9.61. The van der Waals surface area contributed by atoms with Gasteiger partial charge in [0.25, 0.3) is 0 Å². The maximum Gasteiger partial charge on any atom is 0.166 e. The summed E-state index contributed by atoms with van der Waals surface area (Å²) in [6.07, 6.45) is 0.582. The van der Waals surface area contributed by atoms with Crippen molar-refractivity contribution >= 4 is 39.2 Å². The first-order valence-corrected chi connectivity index (χ1v) is 6.37. The Bertz CT molecular complexity index is 816. The van der Waals surface area contributed by atoms with Gasteiger partial charge in [-0.15, -0.1) is 0 Å². The van der Waals surface area contributed by atoms with E-state index < -0.39 is 0 Å². The van der Waals surface area contributed by atoms with Crippen molar-refractivity contribution in [3.8, 4) is 0 Å². The molecule has 0 saturated carbocycles. The van der Waals surface area contributed by atoms with Gasteiger partial charge in [0, 0.05) is 39.8 Å². The smallest absolute Gasteiger partial charge is 0.166 e. The predicted octanol–water partition coefficient (Wildman–Crippen LogP) is 4.03. The van der Waals surface area contributed by atoms with E-state index in [1.807, 2.05) is 30.3 Å². The van der Waals surface area contributed by atoms with Crippen molar-refractivity contribution in [1.29, 1.82) is 0 Å². The van der Waals surface area contributed by atoms with Crippen molar-refractivity contribution in [2.45, 2.75) is 13.0 Å². The van der Waals surface area contributed by atoms with Gasteiger partial charge in [-0.25, -0.2) is 0 Å². The van der Waals surface area contributed by atoms with Crippen LogP contribution in [0.25, 0.3) is 21.8 Å². The molecule has 1 aliphatic heterocycles. The standard InChI is InChI=1S/C15H10ClNO/c16-9-4-5-13-12(8-9)10-2-1-3-11-14(18)6-7-17(13)15(10)11/h1-5,8H,6-7H2. The molecule has 2 heterocycles. The van der Waals surface area contributed by atoms with E-state index in [1.165, 1.54) is 0 Å². The second-order valence-corrected chi connectivity index (χ2v) is 5.12. The second kappa shape index (κ2) is 3.36. The van der Waals surface area contributed by atoms with E-state index in [-0.39, 0.29) is 5.78 Å². The van der Waals surface area contributed by atoms with Gasteiger partial charge in [-0.1, -0.05) is 23.7 Å². The van der Waals surface area contributed by atoms with Gasteiger partial charge in [0.1, 0.15) is 0 Å². The lowest BCUT2D eigenvalue weighted by Crippen LogP contribution is -2.13. The van der Waals surface area contributed by atoms with Crippen LogP contribution in [0.4, 0.5) is 0 Å². The van der Waals surface area contributed by atoms with Gasteiger partial charge in [-0.3, -0.25) is 4.79 Å². The lowest BCUT2D eigenvalue weighted by molar-refractivity contribution is 0.0974. The van der Waals surface area contributed by atoms with Crippen LogP contribution >= 0.6 is 11.6 Å². The third kappa shape index (κ3) is 1.16. The highest BCUT2D eigenvalue weighted by Crippen LogP contribution is 2.35. The van der Waals surface area contributed by atoms with E-state index in [0.717, 1.165) is 38.9 Å². The largest absolute Gasteiger partial charge is 0.339 e. The van der Waals surface area contributed by atoms with Crippen molar-refractivity contribution in [2.75, 3.05) is 0 Å². The molecule has 0 aliphatic carbocycles. The number of para-hydroxylation sites is 1. The van der Waals surface area contributed by atoms with Crippen molar-refractivity contribution in [2.24, 2.45) is 0 Å². The average Bonchev–Trinajstić information content (AvgIpc) is 2.69. The highest BCUT2D eigenvalue weighted by atomic mass is 35.5. The van der Waals surface area contributed by atoms with Crippen LogP contribution in [-0.4, -0.2) is 10.4 Å². The molecule has 1 aliphatic rings. The van der Waals surface area contributed by atoms with Gasteiger partial charge in [-0.05, 0) is 24.3 Å². The Morgan fingerprint density at radius 1 is 1.11 bits per heavy atom. The Morgan fingerprint density at radius 3 is 2.89 bits per heavy atom. The summed E-state index contributed by atoms with van der Waals surface area (Å²) in [6, 6.07) is 11.9. The normalized spacial score (nSPS) is 14.6. The first-order valence-electron chi connectivity index (χ1n) is 5.99. The summed E-state index contributed by atoms with van der Waals surface area (Å²) < 4.78 is 2.23. The fraction of sp³-hybridized carbons (Fsp3) is 0.133. The summed E-state index contributed by atoms with van der Waals surface area (Å²) in [7, 11) is 0. The molecular weight excluding hydrogens is 246 g/mol. The number of carbonyl (C=O) groups excluding carboxylic acids is 1. The van der Waals surface area contributed by atoms with Crippen molar-refractivity contribution < 1.29 is 4.79 Å². The fourth-order valence-electron chi connectivity index (χ4n) is 2.94. The minimum atomic E-state index is 0.238. The Morgan fingerprint density at radius 2 is 2.00 bits per heavy atom. The number of nitrogens with zero attached hydrogens (tertiary/aromatic N) is 1. The van der Waals surface area contributed by atoms with E-state index >= 15 is 0 Å². The lowest BCUT2D eigenvalue weighted by Gasteiger charge is -2.15. The monoisotopic (exact) mass is 255 g/mol. The number of halogens is 1. The van der Waals surface area contributed by atoms with Crippen LogP contribution in [-0.2, 0) is 6.54 Å². The molecule has 0 atom stereocenters. The summed E-state index contributed by atoms with van der Waals surface area (Å²) in [5, 5.41) is 2.99. The van der Waals surface area contributed by atoms with Crippen LogP contribution in [0.5, 0.6) is 0 Å². The molecule has 1 aromatic heterocycles. The molecule has 0 saturated heterocycles. The third-order valence-electron chi connectivity index (χ3n) is 3.71. The van der Waals surface area contributed by atoms with Crippen LogP contribution in [0.15, 0.2) is 36.4 Å². The minimum Gasteiger partial charge on any atom is -0.339 e. The summed E-state index contributed by atoms with van der Waals surface area (Å²) in [5.74, 6) is 0.238. The topological polar surface area (TPSA) is 22.0 Å². The second-order valence-electron chi connectivity index (χ2n) is 4.69. The van der Waals surface area contributed by atoms with E-state index in [2.05, 4.69) is 10.6 Å². The molecular formula is C15H10ClNO. The van der Waals surface area contributed by atoms with E-state index in [4.69, 9.17) is 11.6 Å². The first kappa shape index (κ1) is 10.2. The Labute approximate surface area is 109 Å². The highest BCUT2D eigenvalue weighted by molar-refractivity contribution is 6.32. The highest BCUT2D eigenvalue weighted by Gasteiger charge is 2.22. The number of aryl methyl sites for hydroxylation is 1. The van der Waals surface area contributed by atoms with Gasteiger partial charge < -0.3 is 4.57 Å². The molecule has 2 aromatic carbocycles. The Balaban J connectivity index is 2.32. The molecule has 0 radical (unpaired) electrons. The minimum absolute atomic E-state index is 0.238. The van der Waals surface area contributed by atoms with Crippen LogP contribution < -0.4 is 0 Å². The number of hydrogen-bond acceptors (Lipinski definition) is 1. The molecule has 0 N–H and O–H groups in total. The Kier molecular flexibility index (Phi) is 1.90. The lowest BCUT2D eigenvalue weighted by atomic mass is 10.0. The average molecular weight is 256 g/mol. The molecule has 0 spiro atoms. The molecule has 2 nitrogen and oxygen atoms in total. The molecule has 0 amide bonds. The van der Waals surface area contributed by atoms with Gasteiger partial charge in [0.05, 0.1) is 5.52 Å². The van der Waals surface area contributed by atoms with Crippen molar-refractivity contribution in [3.63, 3.8) is 0 Å². The zero-order valence-corrected chi connectivity index (χ0v) is 10.4. The number of Topliss-reactive ketones (excluding diaryl/α,β-unsaturated/α-hetero) is 1. The van der Waals surface area contributed by atoms with Gasteiger partial charge >= 0.3 is 0 Å². The molecule has 0 unspecified atom stereocenters. The Hall–Kier alpha value is -1.80. The van der Waals surface area contributed by atoms with Gasteiger partial charge in [-0.2, -0.15) is 0 Å². The maximum absolute atomic E-state index is 12.0. The third-order valence-corrected chi connectivity index (χ3v) is 3.94. The number of ketones is 1. The van der Waals surface area contributed by atoms with Crippen molar-refractivity contribution in [3.05, 3.63) is 47.0 Å². The maximum atomic E-state index is 12.0. The quantitative estimate of drug-likeness (QED) is 0.594. The molecule has 0 bridgehead atoms. The summed E-state index contributed by atoms with van der Waals surface area (Å²) in [6.45, 7) is 0.761. The number of carbonyl (C=O) groups is 1. The summed E-state index contributed by atoms with van der Waals surface area (Å²) in [5.41, 5.74) is 3.06. The van der Waals surface area contributed by atoms with E-state index in [9.17, 15) is 4.79 Å². The number of benzene rings is 2. The molecule has 3 aromatic rings. The molecule has 88 valence electrons. The van der Waals surface area contributed by atoms with Gasteiger partial charge in [0.15, 0.2) is 5.78 Å². The summed E-state index contributed by atoms with van der Waals surface area (Å²) >= 11 is 6.08. The van der Waals surface area contributed by atoms with Crippen LogP contribution in [0.1, 0.15) is 16.8 Å². The molecule has 3 heteroatoms. The zero-order chi connectivity index (χ0) is 12.3. The molecule has 0 fully saturated rings. The number of aromatic nitrogens is 1. The van der Waals surface area contributed by atoms with Gasteiger partial charge in [0.2, 0.25) is 0 Å². The predicted molar refractivity (Wildman–Crippen MR) is 73.4 cm³/mol. The summed E-state index contributed by atoms with van der Waals surface area (Å²) in [4.78, 5) is 12.0. The van der Waals surface area contributed by atoms with Crippen LogP contribution in [0, 0.1) is 0 Å². The van der Waals surface area contributed by atoms with E-state index in [0.29, 0.717) is 6.42 Å². The molecule has 4 rings (SSSR count). The SMILES string of the molecule is O=C1CCn2c3ccc(Cl)cc3c3cccc1c32. The van der Waals surface area contributed by atoms with Crippen LogP contribution in [0.2, 0.25) is 5.02 Å². The van der Waals surface area contributed by atoms with E-state index in [1.54, 1.807) is 0 Å². The van der Waals surface area contributed by atoms with Crippen LogP contribution in [0.3, 0.4) is 0 Å². The number of fused-ring (bicyclic) bond motifs is 3.